The number of nitrogens with zero attached hydrogens (tertiary/aromatic N) is 3. The molecule has 1 saturated heterocycles. The molecular formula is C19H29N5O3. The van der Waals surface area contributed by atoms with E-state index in [2.05, 4.69) is 20.7 Å². The Bertz CT molecular complexity index is 718. The zero-order valence-corrected chi connectivity index (χ0v) is 16.0. The minimum Gasteiger partial charge on any atom is -0.469 e. The summed E-state index contributed by atoms with van der Waals surface area (Å²) in [5.74, 6) is 2.09. The van der Waals surface area contributed by atoms with E-state index in [1.165, 1.54) is 0 Å². The molecule has 0 saturated carbocycles. The molecule has 1 aliphatic rings. The van der Waals surface area contributed by atoms with Crippen molar-refractivity contribution in [2.45, 2.75) is 25.4 Å². The molecule has 1 fully saturated rings. The van der Waals surface area contributed by atoms with Gasteiger partial charge in [-0.15, -0.1) is 0 Å². The molecule has 2 aromatic heterocycles. The Kier molecular flexibility index (Phi) is 6.52. The molecule has 2 atom stereocenters. The number of hydrogen-bond acceptors (Lipinski definition) is 5. The minimum absolute atomic E-state index is 0.232. The number of aromatic nitrogens is 2. The van der Waals surface area contributed by atoms with Crippen molar-refractivity contribution in [2.75, 3.05) is 32.8 Å². The van der Waals surface area contributed by atoms with Crippen molar-refractivity contribution in [3.05, 3.63) is 42.1 Å². The number of hydrogen-bond donors (Lipinski definition) is 3. The van der Waals surface area contributed by atoms with Crippen LogP contribution in [0.3, 0.4) is 0 Å². The Morgan fingerprint density at radius 1 is 1.48 bits per heavy atom. The summed E-state index contributed by atoms with van der Waals surface area (Å²) in [6.45, 7) is 5.06. The highest BCUT2D eigenvalue weighted by molar-refractivity contribution is 5.79. The summed E-state index contributed by atoms with van der Waals surface area (Å²) in [6, 6.07) is 3.84. The molecule has 8 heteroatoms. The molecule has 27 heavy (non-hydrogen) atoms. The van der Waals surface area contributed by atoms with Crippen LogP contribution < -0.4 is 10.6 Å². The van der Waals surface area contributed by atoms with Gasteiger partial charge < -0.3 is 24.9 Å². The first kappa shape index (κ1) is 19.4. The van der Waals surface area contributed by atoms with E-state index >= 15 is 0 Å². The second kappa shape index (κ2) is 9.05. The third-order valence-electron chi connectivity index (χ3n) is 4.70. The first-order valence-electron chi connectivity index (χ1n) is 9.37. The normalized spacial score (nSPS) is 19.8. The molecule has 0 radical (unpaired) electrons. The van der Waals surface area contributed by atoms with Crippen LogP contribution in [0.25, 0.3) is 0 Å². The number of ether oxygens (including phenoxy) is 1. The first-order chi connectivity index (χ1) is 13.0. The van der Waals surface area contributed by atoms with Crippen LogP contribution in [0.1, 0.15) is 24.7 Å². The van der Waals surface area contributed by atoms with E-state index in [4.69, 9.17) is 9.15 Å². The van der Waals surface area contributed by atoms with Gasteiger partial charge in [0.05, 0.1) is 25.6 Å². The van der Waals surface area contributed by atoms with Crippen molar-refractivity contribution in [2.24, 2.45) is 18.0 Å². The molecule has 2 unspecified atom stereocenters. The van der Waals surface area contributed by atoms with Crippen molar-refractivity contribution >= 4 is 5.96 Å². The summed E-state index contributed by atoms with van der Waals surface area (Å²) >= 11 is 0. The second-order valence-electron chi connectivity index (χ2n) is 7.21. The SMILES string of the molecule is Cn1cc(C(C)(O)CN=C(NCCc2ccco2)NCC2CCOC2)cn1. The molecule has 3 rings (SSSR count). The van der Waals surface area contributed by atoms with Gasteiger partial charge in [0.15, 0.2) is 5.96 Å². The van der Waals surface area contributed by atoms with Gasteiger partial charge >= 0.3 is 0 Å². The average molecular weight is 375 g/mol. The van der Waals surface area contributed by atoms with Crippen molar-refractivity contribution in [1.29, 1.82) is 0 Å². The monoisotopic (exact) mass is 375 g/mol. The number of nitrogens with one attached hydrogen (secondary N) is 2. The van der Waals surface area contributed by atoms with Gasteiger partial charge in [-0.05, 0) is 25.5 Å². The lowest BCUT2D eigenvalue weighted by Gasteiger charge is -2.21. The molecule has 148 valence electrons. The Hall–Kier alpha value is -2.32. The van der Waals surface area contributed by atoms with Gasteiger partial charge in [0.2, 0.25) is 0 Å². The lowest BCUT2D eigenvalue weighted by Crippen LogP contribution is -2.42. The molecule has 0 amide bonds. The Balaban J connectivity index is 1.58. The zero-order valence-electron chi connectivity index (χ0n) is 16.0. The van der Waals surface area contributed by atoms with Gasteiger partial charge in [0.1, 0.15) is 11.4 Å². The lowest BCUT2D eigenvalue weighted by atomic mass is 10.0. The average Bonchev–Trinajstić information content (AvgIpc) is 3.39. The summed E-state index contributed by atoms with van der Waals surface area (Å²) in [5, 5.41) is 21.6. The second-order valence-corrected chi connectivity index (χ2v) is 7.21. The molecule has 8 nitrogen and oxygen atoms in total. The van der Waals surface area contributed by atoms with E-state index in [9.17, 15) is 5.11 Å². The number of guanidine groups is 1. The number of aryl methyl sites for hydroxylation is 1. The highest BCUT2D eigenvalue weighted by Gasteiger charge is 2.25. The number of aliphatic hydroxyl groups is 1. The van der Waals surface area contributed by atoms with E-state index in [0.29, 0.717) is 18.4 Å². The standard InChI is InChI=1S/C19H29N5O3/c1-19(25,16-11-23-24(2)12-16)14-22-18(21-10-15-6-9-26-13-15)20-7-5-17-4-3-8-27-17/h3-4,8,11-12,15,25H,5-7,9-10,13-14H2,1-2H3,(H2,20,21,22). The molecule has 3 N–H and O–H groups in total. The van der Waals surface area contributed by atoms with Gasteiger partial charge in [-0.2, -0.15) is 5.10 Å². The number of rotatable bonds is 8. The van der Waals surface area contributed by atoms with Crippen LogP contribution in [-0.2, 0) is 23.8 Å². The molecule has 1 aliphatic heterocycles. The van der Waals surface area contributed by atoms with Gasteiger partial charge in [-0.1, -0.05) is 0 Å². The molecule has 3 heterocycles. The summed E-state index contributed by atoms with van der Waals surface area (Å²) in [5.41, 5.74) is -0.340. The highest BCUT2D eigenvalue weighted by atomic mass is 16.5. The molecule has 2 aromatic rings. The smallest absolute Gasteiger partial charge is 0.191 e. The highest BCUT2D eigenvalue weighted by Crippen LogP contribution is 2.20. The van der Waals surface area contributed by atoms with Crippen LogP contribution >= 0.6 is 0 Å². The van der Waals surface area contributed by atoms with Gasteiger partial charge in [-0.3, -0.25) is 4.68 Å². The van der Waals surface area contributed by atoms with Crippen LogP contribution in [0.15, 0.2) is 40.2 Å². The van der Waals surface area contributed by atoms with Crippen LogP contribution in [0, 0.1) is 5.92 Å². The lowest BCUT2D eigenvalue weighted by molar-refractivity contribution is 0.0671. The van der Waals surface area contributed by atoms with E-state index in [-0.39, 0.29) is 6.54 Å². The maximum Gasteiger partial charge on any atom is 0.191 e. The number of aliphatic imine (C=N–C) groups is 1. The zero-order chi connectivity index (χ0) is 19.1. The van der Waals surface area contributed by atoms with Crippen molar-refractivity contribution in [1.82, 2.24) is 20.4 Å². The van der Waals surface area contributed by atoms with Crippen LogP contribution in [-0.4, -0.2) is 53.7 Å². The van der Waals surface area contributed by atoms with E-state index in [1.54, 1.807) is 24.1 Å². The fourth-order valence-corrected chi connectivity index (χ4v) is 2.94. The van der Waals surface area contributed by atoms with Crippen molar-refractivity contribution < 1.29 is 14.3 Å². The predicted octanol–water partition coefficient (Wildman–Crippen LogP) is 1.03. The Morgan fingerprint density at radius 2 is 2.37 bits per heavy atom. The van der Waals surface area contributed by atoms with Crippen molar-refractivity contribution in [3.63, 3.8) is 0 Å². The molecule has 0 spiro atoms. The quantitative estimate of drug-likeness (QED) is 0.471. The Labute approximate surface area is 159 Å². The minimum atomic E-state index is -1.08. The molecule has 0 aromatic carbocycles. The van der Waals surface area contributed by atoms with E-state index in [1.807, 2.05) is 25.4 Å². The van der Waals surface area contributed by atoms with Crippen LogP contribution in [0.5, 0.6) is 0 Å². The fourth-order valence-electron chi connectivity index (χ4n) is 2.94. The van der Waals surface area contributed by atoms with Crippen LogP contribution in [0.2, 0.25) is 0 Å². The van der Waals surface area contributed by atoms with Gasteiger partial charge in [0.25, 0.3) is 0 Å². The third kappa shape index (κ3) is 5.83. The van der Waals surface area contributed by atoms with Crippen LogP contribution in [0.4, 0.5) is 0 Å². The molecule has 0 bridgehead atoms. The molecular weight excluding hydrogens is 346 g/mol. The van der Waals surface area contributed by atoms with Crippen molar-refractivity contribution in [3.8, 4) is 0 Å². The third-order valence-corrected chi connectivity index (χ3v) is 4.70. The van der Waals surface area contributed by atoms with Gasteiger partial charge in [-0.25, -0.2) is 4.99 Å². The summed E-state index contributed by atoms with van der Waals surface area (Å²) < 4.78 is 12.5. The molecule has 0 aliphatic carbocycles. The Morgan fingerprint density at radius 3 is 3.04 bits per heavy atom. The maximum absolute atomic E-state index is 10.8. The van der Waals surface area contributed by atoms with E-state index in [0.717, 1.165) is 43.9 Å². The van der Waals surface area contributed by atoms with E-state index < -0.39 is 5.60 Å². The predicted molar refractivity (Wildman–Crippen MR) is 102 cm³/mol. The summed E-state index contributed by atoms with van der Waals surface area (Å²) in [4.78, 5) is 4.60. The fraction of sp³-hybridized carbons (Fsp3) is 0.579. The van der Waals surface area contributed by atoms with Gasteiger partial charge in [0, 0.05) is 50.8 Å². The summed E-state index contributed by atoms with van der Waals surface area (Å²) in [6.07, 6.45) is 6.97. The maximum atomic E-state index is 10.8. The summed E-state index contributed by atoms with van der Waals surface area (Å²) in [7, 11) is 1.83. The topological polar surface area (TPSA) is 96.8 Å². The largest absolute Gasteiger partial charge is 0.469 e. The first-order valence-corrected chi connectivity index (χ1v) is 9.37. The number of furan rings is 1.